The van der Waals surface area contributed by atoms with E-state index in [0.717, 1.165) is 19.3 Å². The van der Waals surface area contributed by atoms with Gasteiger partial charge in [-0.2, -0.15) is 13.2 Å². The first kappa shape index (κ1) is 33.0. The molecule has 4 aliphatic carbocycles. The second-order valence-electron chi connectivity index (χ2n) is 15.5. The Hall–Kier alpha value is -1.38. The Bertz CT molecular complexity index is 1280. The fourth-order valence-corrected chi connectivity index (χ4v) is 12.0. The molecule has 4 aliphatic rings. The van der Waals surface area contributed by atoms with E-state index >= 15 is 0 Å². The van der Waals surface area contributed by atoms with Crippen LogP contribution in [-0.4, -0.2) is 41.8 Å². The number of sulfone groups is 1. The first-order valence-electron chi connectivity index (χ1n) is 16.4. The number of aliphatic hydroxyl groups is 2. The molecule has 1 aromatic carbocycles. The molecular weight excluding hydrogens is 573 g/mol. The molecule has 4 nitrogen and oxygen atoms in total. The number of halogens is 3. The average molecular weight is 625 g/mol. The summed E-state index contributed by atoms with van der Waals surface area (Å²) in [6.07, 6.45) is 3.50. The maximum atomic E-state index is 13.9. The number of benzene rings is 1. The fourth-order valence-electron chi connectivity index (χ4n) is 10.1. The number of hydrogen-bond donors (Lipinski definition) is 2. The van der Waals surface area contributed by atoms with E-state index in [1.54, 1.807) is 30.3 Å². The van der Waals surface area contributed by atoms with Gasteiger partial charge in [-0.25, -0.2) is 8.42 Å². The quantitative estimate of drug-likeness (QED) is 0.288. The smallest absolute Gasteiger partial charge is 0.393 e. The first-order chi connectivity index (χ1) is 19.9. The van der Waals surface area contributed by atoms with Crippen molar-refractivity contribution in [3.63, 3.8) is 0 Å². The van der Waals surface area contributed by atoms with Crippen molar-refractivity contribution in [2.75, 3.05) is 0 Å². The summed E-state index contributed by atoms with van der Waals surface area (Å²) in [6, 6.07) is 8.56. The van der Waals surface area contributed by atoms with Crippen molar-refractivity contribution >= 4 is 9.84 Å². The van der Waals surface area contributed by atoms with Crippen LogP contribution in [0.5, 0.6) is 0 Å². The molecule has 0 aliphatic heterocycles. The van der Waals surface area contributed by atoms with E-state index in [9.17, 15) is 31.8 Å². The lowest BCUT2D eigenvalue weighted by Crippen LogP contribution is -2.59. The predicted molar refractivity (Wildman–Crippen MR) is 163 cm³/mol. The molecule has 8 heteroatoms. The average Bonchev–Trinajstić information content (AvgIpc) is 3.30. The summed E-state index contributed by atoms with van der Waals surface area (Å²) in [5.41, 5.74) is -2.81. The van der Waals surface area contributed by atoms with Crippen LogP contribution in [0, 0.1) is 52.3 Å². The summed E-state index contributed by atoms with van der Waals surface area (Å²) < 4.78 is 68.9. The Kier molecular flexibility index (Phi) is 8.79. The predicted octanol–water partition coefficient (Wildman–Crippen LogP) is 7.99. The van der Waals surface area contributed by atoms with Gasteiger partial charge in [0, 0.05) is 0 Å². The van der Waals surface area contributed by atoms with Gasteiger partial charge in [0.1, 0.15) is 0 Å². The largest absolute Gasteiger partial charge is 0.417 e. The van der Waals surface area contributed by atoms with Crippen LogP contribution in [0.15, 0.2) is 47.4 Å². The molecule has 3 fully saturated rings. The van der Waals surface area contributed by atoms with E-state index in [1.807, 2.05) is 13.8 Å². The molecule has 242 valence electrons. The summed E-state index contributed by atoms with van der Waals surface area (Å²) in [7, 11) is -3.65. The van der Waals surface area contributed by atoms with Crippen LogP contribution >= 0.6 is 0 Å². The van der Waals surface area contributed by atoms with E-state index in [1.165, 1.54) is 0 Å². The van der Waals surface area contributed by atoms with Crippen molar-refractivity contribution in [1.82, 2.24) is 0 Å². The van der Waals surface area contributed by atoms with Crippen LogP contribution in [0.25, 0.3) is 0 Å². The minimum absolute atomic E-state index is 0.0388. The van der Waals surface area contributed by atoms with Crippen molar-refractivity contribution in [3.05, 3.63) is 42.5 Å². The third-order valence-electron chi connectivity index (χ3n) is 12.9. The standard InChI is InChI=1S/C35H51F3O4S/c1-22(2)31(39)20-26(43(41,42)25-9-7-6-8-10-25)19-23(3)28-13-14-29-27-12-11-24-21-34(40,35(36,37)38)18-17-32(24,4)30(27)15-16-33(28,29)5/h6-10,13-14,22-24,26-31,39-40H,11-12,15-21H2,1-5H3/t23-,24+,26?,27+,28-,29+,30+,31-,32+,33-,34+/m1/s1. The molecule has 3 saturated carbocycles. The number of rotatable bonds is 8. The molecular formula is C35H51F3O4S. The fraction of sp³-hybridized carbons (Fsp3) is 0.771. The van der Waals surface area contributed by atoms with Crippen LogP contribution in [0.4, 0.5) is 13.2 Å². The maximum absolute atomic E-state index is 13.9. The van der Waals surface area contributed by atoms with Crippen LogP contribution in [-0.2, 0) is 9.84 Å². The van der Waals surface area contributed by atoms with Gasteiger partial charge in [-0.1, -0.05) is 65.0 Å². The van der Waals surface area contributed by atoms with E-state index < -0.39 is 33.0 Å². The van der Waals surface area contributed by atoms with Gasteiger partial charge in [0.25, 0.3) is 0 Å². The number of fused-ring (bicyclic) bond motifs is 5. The SMILES string of the molecule is CC(C)[C@H](O)CC(C[C@@H](C)[C@H]1C=C[C@H]2[C@@H]3CC[C@H]4C[C@](O)(C(F)(F)F)CC[C@]4(C)[C@H]3CC[C@]12C)S(=O)(=O)c1ccccc1. The van der Waals surface area contributed by atoms with Gasteiger partial charge in [0.05, 0.1) is 16.2 Å². The lowest BCUT2D eigenvalue weighted by atomic mass is 9.43. The van der Waals surface area contributed by atoms with Crippen LogP contribution in [0.2, 0.25) is 0 Å². The zero-order chi connectivity index (χ0) is 31.6. The molecule has 11 atom stereocenters. The Balaban J connectivity index is 1.34. The number of hydrogen-bond acceptors (Lipinski definition) is 4. The molecule has 43 heavy (non-hydrogen) atoms. The van der Waals surface area contributed by atoms with E-state index in [4.69, 9.17) is 0 Å². The zero-order valence-electron chi connectivity index (χ0n) is 26.4. The Labute approximate surface area is 256 Å². The number of alkyl halides is 3. The van der Waals surface area contributed by atoms with Crippen LogP contribution in [0.3, 0.4) is 0 Å². The summed E-state index contributed by atoms with van der Waals surface area (Å²) in [4.78, 5) is 0.296. The molecule has 1 aromatic rings. The van der Waals surface area contributed by atoms with Crippen molar-refractivity contribution in [2.45, 2.75) is 120 Å². The van der Waals surface area contributed by atoms with Gasteiger partial charge < -0.3 is 10.2 Å². The van der Waals surface area contributed by atoms with E-state index in [2.05, 4.69) is 32.9 Å². The summed E-state index contributed by atoms with van der Waals surface area (Å²) >= 11 is 0. The Morgan fingerprint density at radius 1 is 0.930 bits per heavy atom. The van der Waals surface area contributed by atoms with Crippen molar-refractivity contribution < 1.29 is 31.8 Å². The minimum Gasteiger partial charge on any atom is -0.393 e. The van der Waals surface area contributed by atoms with Crippen LogP contribution < -0.4 is 0 Å². The van der Waals surface area contributed by atoms with Gasteiger partial charge in [-0.05, 0) is 122 Å². The highest BCUT2D eigenvalue weighted by Gasteiger charge is 2.64. The van der Waals surface area contributed by atoms with E-state index in [-0.39, 0.29) is 53.8 Å². The summed E-state index contributed by atoms with van der Waals surface area (Å²) in [5, 5.41) is 20.6. The highest BCUT2D eigenvalue weighted by atomic mass is 32.2. The summed E-state index contributed by atoms with van der Waals surface area (Å²) in [6.45, 7) is 10.5. The molecule has 0 spiro atoms. The van der Waals surface area contributed by atoms with Crippen molar-refractivity contribution in [2.24, 2.45) is 52.3 Å². The molecule has 0 saturated heterocycles. The van der Waals surface area contributed by atoms with Crippen molar-refractivity contribution in [1.29, 1.82) is 0 Å². The van der Waals surface area contributed by atoms with Gasteiger partial charge in [-0.15, -0.1) is 0 Å². The Morgan fingerprint density at radius 2 is 1.60 bits per heavy atom. The molecule has 0 radical (unpaired) electrons. The summed E-state index contributed by atoms with van der Waals surface area (Å²) in [5.74, 6) is 1.12. The minimum atomic E-state index is -4.59. The van der Waals surface area contributed by atoms with Crippen molar-refractivity contribution in [3.8, 4) is 0 Å². The molecule has 0 bridgehead atoms. The molecule has 2 N–H and O–H groups in total. The second-order valence-corrected chi connectivity index (χ2v) is 17.7. The van der Waals surface area contributed by atoms with Gasteiger partial charge in [0.2, 0.25) is 0 Å². The van der Waals surface area contributed by atoms with Gasteiger partial charge in [-0.3, -0.25) is 0 Å². The first-order valence-corrected chi connectivity index (χ1v) is 17.9. The van der Waals surface area contributed by atoms with Crippen LogP contribution in [0.1, 0.15) is 92.4 Å². The molecule has 0 amide bonds. The van der Waals surface area contributed by atoms with E-state index in [0.29, 0.717) is 41.9 Å². The molecule has 0 aromatic heterocycles. The second kappa shape index (κ2) is 11.5. The zero-order valence-corrected chi connectivity index (χ0v) is 27.2. The number of allylic oxidation sites excluding steroid dienone is 2. The molecule has 5 rings (SSSR count). The number of aliphatic hydroxyl groups excluding tert-OH is 1. The van der Waals surface area contributed by atoms with Gasteiger partial charge >= 0.3 is 6.18 Å². The monoisotopic (exact) mass is 624 g/mol. The molecule has 1 unspecified atom stereocenters. The molecule has 0 heterocycles. The normalized spacial score (nSPS) is 39.9. The maximum Gasteiger partial charge on any atom is 0.417 e. The highest BCUT2D eigenvalue weighted by molar-refractivity contribution is 7.92. The third kappa shape index (κ3) is 5.64. The Morgan fingerprint density at radius 3 is 2.23 bits per heavy atom. The topological polar surface area (TPSA) is 74.6 Å². The lowest BCUT2D eigenvalue weighted by Gasteiger charge is -2.62. The van der Waals surface area contributed by atoms with Gasteiger partial charge in [0.15, 0.2) is 15.4 Å². The lowest BCUT2D eigenvalue weighted by molar-refractivity contribution is -0.289. The highest BCUT2D eigenvalue weighted by Crippen LogP contribution is 2.68. The third-order valence-corrected chi connectivity index (χ3v) is 15.1.